The van der Waals surface area contributed by atoms with Crippen molar-refractivity contribution in [3.63, 3.8) is 0 Å². The summed E-state index contributed by atoms with van der Waals surface area (Å²) in [6, 6.07) is 0.306. The summed E-state index contributed by atoms with van der Waals surface area (Å²) in [5.74, 6) is -0.658. The summed E-state index contributed by atoms with van der Waals surface area (Å²) in [6.07, 6.45) is 0.856. The van der Waals surface area contributed by atoms with E-state index >= 15 is 0 Å². The predicted octanol–water partition coefficient (Wildman–Crippen LogP) is 0.326. The molecule has 2 saturated heterocycles. The molecule has 6 nitrogen and oxygen atoms in total. The van der Waals surface area contributed by atoms with Gasteiger partial charge in [0.1, 0.15) is 0 Å². The first-order valence-corrected chi connectivity index (χ1v) is 5.90. The van der Waals surface area contributed by atoms with Gasteiger partial charge >= 0.3 is 12.1 Å². The van der Waals surface area contributed by atoms with Crippen molar-refractivity contribution in [1.82, 2.24) is 10.2 Å². The second-order valence-corrected chi connectivity index (χ2v) is 4.57. The normalized spacial score (nSPS) is 33.3. The molecule has 0 radical (unpaired) electrons. The van der Waals surface area contributed by atoms with Gasteiger partial charge in [0.05, 0.1) is 18.7 Å². The lowest BCUT2D eigenvalue weighted by molar-refractivity contribution is -0.154. The second kappa shape index (κ2) is 5.01. The van der Waals surface area contributed by atoms with Crippen LogP contribution < -0.4 is 5.32 Å². The molecule has 2 aliphatic heterocycles. The van der Waals surface area contributed by atoms with Crippen LogP contribution in [0.5, 0.6) is 0 Å². The van der Waals surface area contributed by atoms with E-state index in [2.05, 4.69) is 12.2 Å². The minimum atomic E-state index is -0.574. The Morgan fingerprint density at radius 2 is 2.24 bits per heavy atom. The zero-order valence-electron chi connectivity index (χ0n) is 10.1. The minimum Gasteiger partial charge on any atom is -0.383 e. The first-order chi connectivity index (χ1) is 8.13. The highest BCUT2D eigenvalue weighted by Gasteiger charge is 2.45. The highest BCUT2D eigenvalue weighted by molar-refractivity contribution is 5.89. The van der Waals surface area contributed by atoms with E-state index in [0.717, 1.165) is 12.8 Å². The van der Waals surface area contributed by atoms with Crippen LogP contribution in [0.4, 0.5) is 4.79 Å². The largest absolute Gasteiger partial charge is 0.418 e. The van der Waals surface area contributed by atoms with Crippen molar-refractivity contribution in [1.29, 1.82) is 0 Å². The molecule has 2 heterocycles. The van der Waals surface area contributed by atoms with Crippen LogP contribution in [0, 0.1) is 5.92 Å². The van der Waals surface area contributed by atoms with Crippen molar-refractivity contribution >= 4 is 12.1 Å². The van der Waals surface area contributed by atoms with Crippen LogP contribution in [-0.4, -0.2) is 49.4 Å². The van der Waals surface area contributed by atoms with Crippen molar-refractivity contribution in [3.8, 4) is 0 Å². The molecule has 17 heavy (non-hydrogen) atoms. The van der Waals surface area contributed by atoms with Gasteiger partial charge in [0.2, 0.25) is 0 Å². The average Bonchev–Trinajstić information content (AvgIpc) is 2.28. The number of hydrogen-bond acceptors (Lipinski definition) is 5. The Morgan fingerprint density at radius 1 is 1.47 bits per heavy atom. The molecule has 0 saturated carbocycles. The van der Waals surface area contributed by atoms with Gasteiger partial charge in [-0.15, -0.1) is 0 Å². The number of methoxy groups -OCH3 is 1. The van der Waals surface area contributed by atoms with Gasteiger partial charge in [-0.05, 0) is 19.8 Å². The molecular formula is C11H18N2O4. The maximum Gasteiger partial charge on any atom is 0.418 e. The van der Waals surface area contributed by atoms with Gasteiger partial charge in [-0.3, -0.25) is 15.0 Å². The number of ether oxygens (including phenoxy) is 2. The van der Waals surface area contributed by atoms with E-state index in [1.165, 1.54) is 0 Å². The average molecular weight is 242 g/mol. The minimum absolute atomic E-state index is 0.248. The lowest BCUT2D eigenvalue weighted by Crippen LogP contribution is -2.64. The van der Waals surface area contributed by atoms with Crippen LogP contribution in [0.25, 0.3) is 0 Å². The van der Waals surface area contributed by atoms with Crippen molar-refractivity contribution < 1.29 is 19.1 Å². The number of cyclic esters (lactones) is 2. The van der Waals surface area contributed by atoms with Crippen LogP contribution in [0.3, 0.4) is 0 Å². The summed E-state index contributed by atoms with van der Waals surface area (Å²) in [4.78, 5) is 24.8. The summed E-state index contributed by atoms with van der Waals surface area (Å²) in [5, 5.41) is 3.29. The lowest BCUT2D eigenvalue weighted by Gasteiger charge is -2.43. The fraction of sp³-hybridized carbons (Fsp3) is 0.818. The number of amides is 1. The molecule has 0 aliphatic carbocycles. The fourth-order valence-corrected chi connectivity index (χ4v) is 2.39. The molecule has 3 unspecified atom stereocenters. The number of carbonyl (C=O) groups is 2. The number of fused-ring (bicyclic) bond motifs is 1. The summed E-state index contributed by atoms with van der Waals surface area (Å²) in [5.41, 5.74) is 0. The molecule has 2 aliphatic rings. The molecule has 0 spiro atoms. The number of nitrogens with one attached hydrogen (secondary N) is 1. The van der Waals surface area contributed by atoms with E-state index in [9.17, 15) is 9.59 Å². The monoisotopic (exact) mass is 242 g/mol. The zero-order chi connectivity index (χ0) is 12.4. The van der Waals surface area contributed by atoms with Gasteiger partial charge < -0.3 is 9.47 Å². The van der Waals surface area contributed by atoms with E-state index in [1.807, 2.05) is 0 Å². The maximum atomic E-state index is 11.7. The predicted molar refractivity (Wildman–Crippen MR) is 59.2 cm³/mol. The molecule has 2 fully saturated rings. The number of piperidine rings is 1. The molecule has 1 N–H and O–H groups in total. The Hall–Kier alpha value is -1.14. The summed E-state index contributed by atoms with van der Waals surface area (Å²) >= 11 is 0. The van der Waals surface area contributed by atoms with E-state index in [-0.39, 0.29) is 12.1 Å². The van der Waals surface area contributed by atoms with E-state index in [4.69, 9.17) is 9.47 Å². The lowest BCUT2D eigenvalue weighted by atomic mass is 9.90. The van der Waals surface area contributed by atoms with Gasteiger partial charge in [0.25, 0.3) is 0 Å². The standard InChI is InChI=1S/C11H18N2O4/c1-7-3-4-8-9(12-7)13(5-6-16-2)11(15)17-10(8)14/h7-9,12H,3-6H2,1-2H3. The first-order valence-electron chi connectivity index (χ1n) is 5.90. The highest BCUT2D eigenvalue weighted by Crippen LogP contribution is 2.27. The van der Waals surface area contributed by atoms with Gasteiger partial charge in [0, 0.05) is 19.7 Å². The Morgan fingerprint density at radius 3 is 2.94 bits per heavy atom. The SMILES string of the molecule is COCCN1C(=O)OC(=O)C2CCC(C)NC21. The molecule has 96 valence electrons. The molecule has 0 bridgehead atoms. The first kappa shape index (κ1) is 12.3. The van der Waals surface area contributed by atoms with Crippen molar-refractivity contribution in [3.05, 3.63) is 0 Å². The summed E-state index contributed by atoms with van der Waals surface area (Å²) < 4.78 is 9.72. The van der Waals surface area contributed by atoms with Crippen molar-refractivity contribution in [2.24, 2.45) is 5.92 Å². The highest BCUT2D eigenvalue weighted by atomic mass is 16.6. The molecule has 0 aromatic heterocycles. The van der Waals surface area contributed by atoms with Crippen LogP contribution >= 0.6 is 0 Å². The second-order valence-electron chi connectivity index (χ2n) is 4.57. The maximum absolute atomic E-state index is 11.7. The number of hydrogen-bond donors (Lipinski definition) is 1. The topological polar surface area (TPSA) is 67.9 Å². The Kier molecular flexibility index (Phi) is 3.63. The van der Waals surface area contributed by atoms with Gasteiger partial charge in [-0.1, -0.05) is 0 Å². The molecule has 0 aromatic rings. The van der Waals surface area contributed by atoms with Crippen LogP contribution in [0.1, 0.15) is 19.8 Å². The third-order valence-electron chi connectivity index (χ3n) is 3.34. The van der Waals surface area contributed by atoms with Crippen molar-refractivity contribution in [2.75, 3.05) is 20.3 Å². The number of rotatable bonds is 3. The number of nitrogens with zero attached hydrogens (tertiary/aromatic N) is 1. The molecule has 6 heteroatoms. The van der Waals surface area contributed by atoms with Crippen LogP contribution in [-0.2, 0) is 14.3 Å². The number of esters is 1. The quantitative estimate of drug-likeness (QED) is 0.570. The molecular weight excluding hydrogens is 224 g/mol. The van der Waals surface area contributed by atoms with E-state index in [1.54, 1.807) is 12.0 Å². The molecule has 3 atom stereocenters. The Balaban J connectivity index is 2.12. The van der Waals surface area contributed by atoms with Crippen LogP contribution in [0.15, 0.2) is 0 Å². The van der Waals surface area contributed by atoms with Gasteiger partial charge in [-0.25, -0.2) is 4.79 Å². The third-order valence-corrected chi connectivity index (χ3v) is 3.34. The number of carbonyl (C=O) groups excluding carboxylic acids is 2. The summed E-state index contributed by atoms with van der Waals surface area (Å²) in [7, 11) is 1.58. The zero-order valence-corrected chi connectivity index (χ0v) is 10.1. The van der Waals surface area contributed by atoms with Gasteiger partial charge in [-0.2, -0.15) is 0 Å². The van der Waals surface area contributed by atoms with Crippen LogP contribution in [0.2, 0.25) is 0 Å². The molecule has 2 rings (SSSR count). The summed E-state index contributed by atoms with van der Waals surface area (Å²) in [6.45, 7) is 2.92. The van der Waals surface area contributed by atoms with Gasteiger partial charge in [0.15, 0.2) is 0 Å². The third kappa shape index (κ3) is 2.42. The van der Waals surface area contributed by atoms with E-state index < -0.39 is 12.1 Å². The smallest absolute Gasteiger partial charge is 0.383 e. The molecule has 1 amide bonds. The Labute approximate surface area is 100 Å². The van der Waals surface area contributed by atoms with Crippen molar-refractivity contribution in [2.45, 2.75) is 32.0 Å². The Bertz CT molecular complexity index is 321. The molecule has 0 aromatic carbocycles. The fourth-order valence-electron chi connectivity index (χ4n) is 2.39. The van der Waals surface area contributed by atoms with E-state index in [0.29, 0.717) is 19.2 Å².